The van der Waals surface area contributed by atoms with E-state index in [0.717, 1.165) is 44.4 Å². The molecular formula is C42H75O9P. The van der Waals surface area contributed by atoms with Crippen LogP contribution in [0.5, 0.6) is 0 Å². The standard InChI is InChI=1S/C42H75O9P/c1-4-5-6-7-8-9-10-12-16-19-22-25-28-32-39(43)33-30-35-42(45)51-40(37-50-52(46,47)48)36-49-41(44)34-29-26-23-20-17-14-11-13-15-18-21-24-27-31-38(2)3/h8-9,12,16,22,25,28,32,38-40,43H,4-7,10-11,13-15,17-21,23-24,26-27,29-31,33-37H2,1-3H3,(H2,46,47,48)/b9-8-,16-12-,25-22-,32-28+/t39-,40+/m0/s1. The third kappa shape index (κ3) is 39.2. The molecule has 0 aromatic carbocycles. The molecule has 0 bridgehead atoms. The minimum absolute atomic E-state index is 0.0164. The number of aliphatic hydroxyl groups excluding tert-OH is 1. The number of hydrogen-bond donors (Lipinski definition) is 3. The second-order valence-corrected chi connectivity index (χ2v) is 15.5. The van der Waals surface area contributed by atoms with Crippen LogP contribution in [0.25, 0.3) is 0 Å². The number of unbranched alkanes of at least 4 members (excludes halogenated alkanes) is 15. The van der Waals surface area contributed by atoms with Crippen LogP contribution >= 0.6 is 7.82 Å². The maximum atomic E-state index is 12.4. The Morgan fingerprint density at radius 2 is 1.19 bits per heavy atom. The Kier molecular flexibility index (Phi) is 34.6. The molecule has 0 saturated heterocycles. The zero-order valence-corrected chi connectivity index (χ0v) is 33.9. The van der Waals surface area contributed by atoms with E-state index in [1.54, 1.807) is 12.2 Å². The lowest BCUT2D eigenvalue weighted by atomic mass is 10.0. The highest BCUT2D eigenvalue weighted by Crippen LogP contribution is 2.36. The summed E-state index contributed by atoms with van der Waals surface area (Å²) in [7, 11) is -4.81. The van der Waals surface area contributed by atoms with Crippen LogP contribution in [0, 0.1) is 5.92 Å². The van der Waals surface area contributed by atoms with Gasteiger partial charge in [0.15, 0.2) is 6.10 Å². The van der Waals surface area contributed by atoms with Gasteiger partial charge in [-0.2, -0.15) is 0 Å². The highest BCUT2D eigenvalue weighted by atomic mass is 31.2. The molecule has 0 aromatic rings. The van der Waals surface area contributed by atoms with Gasteiger partial charge < -0.3 is 24.4 Å². The van der Waals surface area contributed by atoms with Gasteiger partial charge in [-0.3, -0.25) is 14.1 Å². The largest absolute Gasteiger partial charge is 0.469 e. The van der Waals surface area contributed by atoms with Crippen LogP contribution in [0.2, 0.25) is 0 Å². The zero-order valence-electron chi connectivity index (χ0n) is 33.0. The number of aliphatic hydroxyl groups is 1. The van der Waals surface area contributed by atoms with E-state index in [-0.39, 0.29) is 19.4 Å². The van der Waals surface area contributed by atoms with Gasteiger partial charge in [0, 0.05) is 12.8 Å². The van der Waals surface area contributed by atoms with Crippen LogP contribution in [0.3, 0.4) is 0 Å². The Bertz CT molecular complexity index is 1010. The summed E-state index contributed by atoms with van der Waals surface area (Å²) in [4.78, 5) is 42.8. The molecule has 302 valence electrons. The van der Waals surface area contributed by atoms with Gasteiger partial charge in [0.25, 0.3) is 0 Å². The van der Waals surface area contributed by atoms with E-state index in [1.165, 1.54) is 83.5 Å². The fraction of sp³-hybridized carbons (Fsp3) is 0.762. The summed E-state index contributed by atoms with van der Waals surface area (Å²) in [5, 5.41) is 10.2. The summed E-state index contributed by atoms with van der Waals surface area (Å²) in [6.07, 6.45) is 38.7. The van der Waals surface area contributed by atoms with Crippen molar-refractivity contribution in [1.82, 2.24) is 0 Å². The monoisotopic (exact) mass is 755 g/mol. The summed E-state index contributed by atoms with van der Waals surface area (Å²) >= 11 is 0. The summed E-state index contributed by atoms with van der Waals surface area (Å²) in [5.41, 5.74) is 0. The van der Waals surface area contributed by atoms with E-state index in [1.807, 2.05) is 12.2 Å². The molecule has 9 nitrogen and oxygen atoms in total. The van der Waals surface area contributed by atoms with Gasteiger partial charge in [0.05, 0.1) is 12.7 Å². The molecule has 0 heterocycles. The topological polar surface area (TPSA) is 140 Å². The van der Waals surface area contributed by atoms with Gasteiger partial charge in [0.1, 0.15) is 6.61 Å². The van der Waals surface area contributed by atoms with Gasteiger partial charge in [-0.25, -0.2) is 4.57 Å². The molecule has 10 heteroatoms. The van der Waals surface area contributed by atoms with Crippen LogP contribution in [-0.2, 0) is 28.2 Å². The van der Waals surface area contributed by atoms with Crippen molar-refractivity contribution in [3.8, 4) is 0 Å². The summed E-state index contributed by atoms with van der Waals surface area (Å²) < 4.78 is 26.2. The van der Waals surface area contributed by atoms with Gasteiger partial charge >= 0.3 is 19.8 Å². The normalized spacial score (nSPS) is 13.7. The predicted octanol–water partition coefficient (Wildman–Crippen LogP) is 11.2. The van der Waals surface area contributed by atoms with E-state index in [0.29, 0.717) is 19.3 Å². The number of carbonyl (C=O) groups excluding carboxylic acids is 2. The Hall–Kier alpha value is -2.03. The van der Waals surface area contributed by atoms with Crippen molar-refractivity contribution in [3.63, 3.8) is 0 Å². The SMILES string of the molecule is CCCCC/C=C\C/C=C\C/C=C\C=C\[C@H](O)CCCC(=O)O[C@H](COC(=O)CCCCCCCCCCCCCCCC(C)C)COP(=O)(O)O. The molecule has 0 aliphatic carbocycles. The third-order valence-corrected chi connectivity index (χ3v) is 9.12. The van der Waals surface area contributed by atoms with Crippen LogP contribution in [0.15, 0.2) is 48.6 Å². The minimum atomic E-state index is -4.81. The van der Waals surface area contributed by atoms with Crippen molar-refractivity contribution in [1.29, 1.82) is 0 Å². The van der Waals surface area contributed by atoms with Crippen LogP contribution in [0.4, 0.5) is 0 Å². The lowest BCUT2D eigenvalue weighted by Crippen LogP contribution is -2.29. The molecule has 52 heavy (non-hydrogen) atoms. The molecule has 3 N–H and O–H groups in total. The smallest absolute Gasteiger partial charge is 0.462 e. The number of carbonyl (C=O) groups is 2. The van der Waals surface area contributed by atoms with Crippen molar-refractivity contribution in [2.75, 3.05) is 13.2 Å². The average Bonchev–Trinajstić information content (AvgIpc) is 3.09. The van der Waals surface area contributed by atoms with Gasteiger partial charge in [-0.05, 0) is 50.9 Å². The Morgan fingerprint density at radius 1 is 0.635 bits per heavy atom. The van der Waals surface area contributed by atoms with Gasteiger partial charge in [-0.1, -0.05) is 166 Å². The Balaban J connectivity index is 4.13. The maximum Gasteiger partial charge on any atom is 0.469 e. The molecule has 0 rings (SSSR count). The highest BCUT2D eigenvalue weighted by Gasteiger charge is 2.23. The molecule has 0 aromatic heterocycles. The molecular weight excluding hydrogens is 679 g/mol. The van der Waals surface area contributed by atoms with E-state index >= 15 is 0 Å². The van der Waals surface area contributed by atoms with Crippen molar-refractivity contribution >= 4 is 19.8 Å². The lowest BCUT2D eigenvalue weighted by Gasteiger charge is -2.18. The molecule has 0 aliphatic heterocycles. The number of esters is 2. The molecule has 0 unspecified atom stereocenters. The Morgan fingerprint density at radius 3 is 1.79 bits per heavy atom. The third-order valence-electron chi connectivity index (χ3n) is 8.63. The lowest BCUT2D eigenvalue weighted by molar-refractivity contribution is -0.161. The fourth-order valence-corrected chi connectivity index (χ4v) is 5.90. The van der Waals surface area contributed by atoms with Gasteiger partial charge in [-0.15, -0.1) is 0 Å². The second-order valence-electron chi connectivity index (χ2n) is 14.3. The van der Waals surface area contributed by atoms with Crippen LogP contribution in [0.1, 0.15) is 175 Å². The molecule has 0 radical (unpaired) electrons. The first kappa shape index (κ1) is 50.0. The molecule has 2 atom stereocenters. The van der Waals surface area contributed by atoms with E-state index < -0.39 is 38.6 Å². The highest BCUT2D eigenvalue weighted by molar-refractivity contribution is 7.46. The molecule has 0 fully saturated rings. The van der Waals surface area contributed by atoms with Crippen molar-refractivity contribution in [2.45, 2.75) is 187 Å². The van der Waals surface area contributed by atoms with E-state index in [4.69, 9.17) is 19.3 Å². The van der Waals surface area contributed by atoms with Crippen molar-refractivity contribution in [2.24, 2.45) is 5.92 Å². The summed E-state index contributed by atoms with van der Waals surface area (Å²) in [5.74, 6) is -0.269. The average molecular weight is 755 g/mol. The molecule has 0 saturated carbocycles. The van der Waals surface area contributed by atoms with Crippen molar-refractivity contribution in [3.05, 3.63) is 48.6 Å². The fourth-order valence-electron chi connectivity index (χ4n) is 5.54. The number of ether oxygens (including phenoxy) is 2. The number of rotatable bonds is 36. The number of allylic oxidation sites excluding steroid dienone is 7. The number of phosphoric ester groups is 1. The Labute approximate surface area is 317 Å². The number of hydrogen-bond acceptors (Lipinski definition) is 7. The van der Waals surface area contributed by atoms with E-state index in [9.17, 15) is 19.3 Å². The first-order valence-electron chi connectivity index (χ1n) is 20.4. The van der Waals surface area contributed by atoms with Crippen molar-refractivity contribution < 1.29 is 43.0 Å². The molecule has 0 aliphatic rings. The first-order valence-corrected chi connectivity index (χ1v) is 21.9. The first-order chi connectivity index (χ1) is 25.0. The summed E-state index contributed by atoms with van der Waals surface area (Å²) in [6, 6.07) is 0. The predicted molar refractivity (Wildman–Crippen MR) is 213 cm³/mol. The van der Waals surface area contributed by atoms with Gasteiger partial charge in [0.2, 0.25) is 0 Å². The second kappa shape index (κ2) is 36.0. The quantitative estimate of drug-likeness (QED) is 0.0187. The van der Waals surface area contributed by atoms with Crippen LogP contribution in [-0.4, -0.2) is 52.3 Å². The number of phosphoric acid groups is 1. The summed E-state index contributed by atoms with van der Waals surface area (Å²) in [6.45, 7) is 5.82. The zero-order chi connectivity index (χ0) is 38.5. The molecule has 0 amide bonds. The maximum absolute atomic E-state index is 12.4. The van der Waals surface area contributed by atoms with E-state index in [2.05, 4.69) is 49.6 Å². The minimum Gasteiger partial charge on any atom is -0.462 e. The molecule has 0 spiro atoms. The van der Waals surface area contributed by atoms with Crippen LogP contribution < -0.4 is 0 Å².